The second kappa shape index (κ2) is 5.35. The van der Waals surface area contributed by atoms with E-state index >= 15 is 0 Å². The zero-order chi connectivity index (χ0) is 14.7. The van der Waals surface area contributed by atoms with Crippen molar-refractivity contribution < 1.29 is 19.6 Å². The summed E-state index contributed by atoms with van der Waals surface area (Å²) < 4.78 is 5.40. The number of benzene rings is 1. The van der Waals surface area contributed by atoms with Gasteiger partial charge in [0.05, 0.1) is 17.2 Å². The second-order valence-electron chi connectivity index (χ2n) is 3.98. The molecule has 0 amide bonds. The zero-order valence-corrected chi connectivity index (χ0v) is 10.4. The summed E-state index contributed by atoms with van der Waals surface area (Å²) in [7, 11) is 0. The number of ether oxygens (including phenoxy) is 1. The third-order valence-corrected chi connectivity index (χ3v) is 2.52. The summed E-state index contributed by atoms with van der Waals surface area (Å²) in [6, 6.07) is 6.96. The topological polar surface area (TPSA) is 103 Å². The standard InChI is InChI=1S/C13H10N2O5/c1-8-2-3-10(7-14-8)20-9-4-5-11(13(16)17)12(6-9)15(18)19/h2-7H,1H3,(H,16,17). The van der Waals surface area contributed by atoms with Gasteiger partial charge in [-0.15, -0.1) is 0 Å². The number of rotatable bonds is 4. The fourth-order valence-corrected chi connectivity index (χ4v) is 1.56. The third kappa shape index (κ3) is 2.89. The molecule has 0 radical (unpaired) electrons. The highest BCUT2D eigenvalue weighted by molar-refractivity contribution is 5.92. The fourth-order valence-electron chi connectivity index (χ4n) is 1.56. The van der Waals surface area contributed by atoms with Crippen molar-refractivity contribution in [1.82, 2.24) is 4.98 Å². The van der Waals surface area contributed by atoms with Crippen molar-refractivity contribution in [1.29, 1.82) is 0 Å². The van der Waals surface area contributed by atoms with Gasteiger partial charge in [-0.05, 0) is 31.2 Å². The van der Waals surface area contributed by atoms with Gasteiger partial charge in [-0.2, -0.15) is 0 Å². The Kier molecular flexibility index (Phi) is 3.60. The van der Waals surface area contributed by atoms with Crippen molar-refractivity contribution in [2.75, 3.05) is 0 Å². The predicted molar refractivity (Wildman–Crippen MR) is 69.1 cm³/mol. The van der Waals surface area contributed by atoms with Crippen molar-refractivity contribution in [3.8, 4) is 11.5 Å². The molecule has 7 nitrogen and oxygen atoms in total. The number of pyridine rings is 1. The summed E-state index contributed by atoms with van der Waals surface area (Å²) in [6.45, 7) is 1.82. The van der Waals surface area contributed by atoms with Crippen LogP contribution in [0.2, 0.25) is 0 Å². The molecule has 0 atom stereocenters. The first-order valence-corrected chi connectivity index (χ1v) is 5.59. The normalized spacial score (nSPS) is 10.1. The molecule has 1 aromatic heterocycles. The molecule has 102 valence electrons. The molecular formula is C13H10N2O5. The lowest BCUT2D eigenvalue weighted by atomic mass is 10.2. The number of nitrogens with zero attached hydrogens (tertiary/aromatic N) is 2. The Balaban J connectivity index is 2.34. The maximum absolute atomic E-state index is 10.9. The van der Waals surface area contributed by atoms with E-state index in [4.69, 9.17) is 9.84 Å². The Morgan fingerprint density at radius 1 is 1.30 bits per heavy atom. The number of hydrogen-bond donors (Lipinski definition) is 1. The van der Waals surface area contributed by atoms with Gasteiger partial charge in [0.25, 0.3) is 5.69 Å². The van der Waals surface area contributed by atoms with E-state index < -0.39 is 16.6 Å². The van der Waals surface area contributed by atoms with E-state index in [1.807, 2.05) is 6.92 Å². The van der Waals surface area contributed by atoms with Crippen LogP contribution in [0.3, 0.4) is 0 Å². The Morgan fingerprint density at radius 2 is 2.00 bits per heavy atom. The number of nitro groups is 1. The van der Waals surface area contributed by atoms with Gasteiger partial charge in [-0.1, -0.05) is 0 Å². The van der Waals surface area contributed by atoms with Crippen LogP contribution in [0.15, 0.2) is 36.5 Å². The molecule has 2 rings (SSSR count). The maximum Gasteiger partial charge on any atom is 0.342 e. The minimum absolute atomic E-state index is 0.173. The monoisotopic (exact) mass is 274 g/mol. The smallest absolute Gasteiger partial charge is 0.342 e. The number of hydrogen-bond acceptors (Lipinski definition) is 5. The first-order valence-electron chi connectivity index (χ1n) is 5.59. The van der Waals surface area contributed by atoms with Crippen LogP contribution in [0.4, 0.5) is 5.69 Å². The SMILES string of the molecule is Cc1ccc(Oc2ccc(C(=O)O)c([N+](=O)[O-])c2)cn1. The molecule has 0 saturated carbocycles. The van der Waals surface area contributed by atoms with Crippen LogP contribution >= 0.6 is 0 Å². The summed E-state index contributed by atoms with van der Waals surface area (Å²) in [4.78, 5) is 25.0. The Labute approximate surface area is 113 Å². The highest BCUT2D eigenvalue weighted by Crippen LogP contribution is 2.28. The Hall–Kier alpha value is -2.96. The van der Waals surface area contributed by atoms with E-state index in [0.29, 0.717) is 5.75 Å². The number of aromatic nitrogens is 1. The average Bonchev–Trinajstić information content (AvgIpc) is 2.41. The molecule has 2 aromatic rings. The summed E-state index contributed by atoms with van der Waals surface area (Å²) in [5.41, 5.74) is -0.0935. The first-order chi connectivity index (χ1) is 9.47. The van der Waals surface area contributed by atoms with E-state index in [9.17, 15) is 14.9 Å². The van der Waals surface area contributed by atoms with Gasteiger partial charge in [0.2, 0.25) is 0 Å². The lowest BCUT2D eigenvalue weighted by Crippen LogP contribution is -2.02. The molecular weight excluding hydrogens is 264 g/mol. The molecule has 0 saturated heterocycles. The second-order valence-corrected chi connectivity index (χ2v) is 3.98. The maximum atomic E-state index is 10.9. The first kappa shape index (κ1) is 13.5. The number of aryl methyl sites for hydroxylation is 1. The molecule has 0 aliphatic carbocycles. The average molecular weight is 274 g/mol. The molecule has 20 heavy (non-hydrogen) atoms. The summed E-state index contributed by atoms with van der Waals surface area (Å²) in [5.74, 6) is -0.777. The van der Waals surface area contributed by atoms with Crippen molar-refractivity contribution in [2.45, 2.75) is 6.92 Å². The summed E-state index contributed by atoms with van der Waals surface area (Å²) >= 11 is 0. The molecule has 0 unspecified atom stereocenters. The van der Waals surface area contributed by atoms with Crippen molar-refractivity contribution in [3.63, 3.8) is 0 Å². The quantitative estimate of drug-likeness (QED) is 0.679. The molecule has 1 heterocycles. The van der Waals surface area contributed by atoms with Crippen LogP contribution < -0.4 is 4.74 Å². The van der Waals surface area contributed by atoms with Crippen molar-refractivity contribution in [3.05, 3.63) is 57.9 Å². The molecule has 0 bridgehead atoms. The summed E-state index contributed by atoms with van der Waals surface area (Å²) in [5, 5.41) is 19.7. The largest absolute Gasteiger partial charge is 0.477 e. The van der Waals surface area contributed by atoms with Crippen molar-refractivity contribution >= 4 is 11.7 Å². The van der Waals surface area contributed by atoms with Crippen molar-refractivity contribution in [2.24, 2.45) is 0 Å². The Bertz CT molecular complexity index is 667. The van der Waals surface area contributed by atoms with E-state index in [-0.39, 0.29) is 11.3 Å². The van der Waals surface area contributed by atoms with Crippen LogP contribution in [0, 0.1) is 17.0 Å². The molecule has 1 N–H and O–H groups in total. The lowest BCUT2D eigenvalue weighted by molar-refractivity contribution is -0.385. The molecule has 0 fully saturated rings. The van der Waals surface area contributed by atoms with Gasteiger partial charge in [0, 0.05) is 5.69 Å². The third-order valence-electron chi connectivity index (χ3n) is 2.52. The molecule has 7 heteroatoms. The molecule has 0 aliphatic heterocycles. The minimum Gasteiger partial charge on any atom is -0.477 e. The van der Waals surface area contributed by atoms with Gasteiger partial charge in [-0.3, -0.25) is 15.1 Å². The van der Waals surface area contributed by atoms with Crippen LogP contribution in [-0.2, 0) is 0 Å². The van der Waals surface area contributed by atoms with Gasteiger partial charge in [0.15, 0.2) is 0 Å². The van der Waals surface area contributed by atoms with Gasteiger partial charge in [0.1, 0.15) is 17.1 Å². The predicted octanol–water partition coefficient (Wildman–Crippen LogP) is 2.79. The van der Waals surface area contributed by atoms with E-state index in [1.165, 1.54) is 12.3 Å². The zero-order valence-electron chi connectivity index (χ0n) is 10.4. The number of aromatic carboxylic acids is 1. The number of nitro benzene ring substituents is 1. The van der Waals surface area contributed by atoms with Gasteiger partial charge in [-0.25, -0.2) is 4.79 Å². The highest BCUT2D eigenvalue weighted by atomic mass is 16.6. The molecule has 1 aromatic carbocycles. The number of carbonyl (C=O) groups is 1. The molecule has 0 spiro atoms. The fraction of sp³-hybridized carbons (Fsp3) is 0.0769. The Morgan fingerprint density at radius 3 is 2.55 bits per heavy atom. The van der Waals surface area contributed by atoms with Crippen LogP contribution in [0.5, 0.6) is 11.5 Å². The highest BCUT2D eigenvalue weighted by Gasteiger charge is 2.20. The van der Waals surface area contributed by atoms with E-state index in [1.54, 1.807) is 12.1 Å². The van der Waals surface area contributed by atoms with E-state index in [2.05, 4.69) is 4.98 Å². The lowest BCUT2D eigenvalue weighted by Gasteiger charge is -2.06. The van der Waals surface area contributed by atoms with Gasteiger partial charge < -0.3 is 9.84 Å². The van der Waals surface area contributed by atoms with Crippen LogP contribution in [0.25, 0.3) is 0 Å². The molecule has 0 aliphatic rings. The van der Waals surface area contributed by atoms with Crippen LogP contribution in [-0.4, -0.2) is 21.0 Å². The number of carboxylic acid groups (broad SMARTS) is 1. The number of carboxylic acids is 1. The van der Waals surface area contributed by atoms with E-state index in [0.717, 1.165) is 17.8 Å². The van der Waals surface area contributed by atoms with Crippen LogP contribution in [0.1, 0.15) is 16.1 Å². The van der Waals surface area contributed by atoms with Gasteiger partial charge >= 0.3 is 5.97 Å². The minimum atomic E-state index is -1.36. The summed E-state index contributed by atoms with van der Waals surface area (Å²) in [6.07, 6.45) is 1.48.